The smallest absolute Gasteiger partial charge is 0.329 e. The lowest BCUT2D eigenvalue weighted by Crippen LogP contribution is -2.52. The Labute approximate surface area is 116 Å². The van der Waals surface area contributed by atoms with Gasteiger partial charge < -0.3 is 10.0 Å². The van der Waals surface area contributed by atoms with Crippen LogP contribution in [0.1, 0.15) is 31.1 Å². The van der Waals surface area contributed by atoms with Gasteiger partial charge in [-0.15, -0.1) is 0 Å². The van der Waals surface area contributed by atoms with Gasteiger partial charge in [0.15, 0.2) is 0 Å². The first-order valence-electron chi connectivity index (χ1n) is 6.37. The number of nitrogens with zero attached hydrogens (tertiary/aromatic N) is 3. The molecule has 6 heteroatoms. The number of likely N-dealkylation sites (N-methyl/N-ethyl adjacent to an activating group) is 1. The highest BCUT2D eigenvalue weighted by Crippen LogP contribution is 2.20. The fourth-order valence-electron chi connectivity index (χ4n) is 2.15. The molecule has 2 heterocycles. The number of fused-ring (bicyclic) bond motifs is 1. The fraction of sp³-hybridized carbons (Fsp3) is 0.357. The molecule has 20 heavy (non-hydrogen) atoms. The predicted molar refractivity (Wildman–Crippen MR) is 73.6 cm³/mol. The molecule has 6 nitrogen and oxygen atoms in total. The Bertz CT molecular complexity index is 660. The molecule has 0 radical (unpaired) electrons. The van der Waals surface area contributed by atoms with Gasteiger partial charge in [0.1, 0.15) is 5.54 Å². The Balaban J connectivity index is 2.46. The van der Waals surface area contributed by atoms with Gasteiger partial charge in [0, 0.05) is 12.7 Å². The topological polar surface area (TPSA) is 74.9 Å². The third kappa shape index (κ3) is 2.13. The summed E-state index contributed by atoms with van der Waals surface area (Å²) in [5, 5.41) is 13.4. The number of aromatic nitrogens is 2. The van der Waals surface area contributed by atoms with Crippen LogP contribution in [0.2, 0.25) is 0 Å². The van der Waals surface area contributed by atoms with Crippen molar-refractivity contribution in [2.75, 3.05) is 6.54 Å². The van der Waals surface area contributed by atoms with Gasteiger partial charge in [-0.3, -0.25) is 4.79 Å². The first kappa shape index (κ1) is 14.0. The number of carboxylic acids is 1. The van der Waals surface area contributed by atoms with Crippen LogP contribution >= 0.6 is 0 Å². The highest BCUT2D eigenvalue weighted by atomic mass is 16.4. The summed E-state index contributed by atoms with van der Waals surface area (Å²) in [4.78, 5) is 25.3. The van der Waals surface area contributed by atoms with Crippen molar-refractivity contribution in [3.63, 3.8) is 0 Å². The van der Waals surface area contributed by atoms with E-state index in [9.17, 15) is 14.7 Å². The highest BCUT2D eigenvalue weighted by Gasteiger charge is 2.37. The highest BCUT2D eigenvalue weighted by molar-refractivity contribution is 6.02. The van der Waals surface area contributed by atoms with Crippen LogP contribution in [0.3, 0.4) is 0 Å². The van der Waals surface area contributed by atoms with Crippen molar-refractivity contribution in [1.29, 1.82) is 0 Å². The molecule has 0 unspecified atom stereocenters. The monoisotopic (exact) mass is 275 g/mol. The van der Waals surface area contributed by atoms with Crippen LogP contribution in [-0.2, 0) is 4.79 Å². The maximum atomic E-state index is 12.6. The van der Waals surface area contributed by atoms with Crippen LogP contribution in [0.4, 0.5) is 0 Å². The van der Waals surface area contributed by atoms with E-state index in [0.717, 1.165) is 0 Å². The molecule has 106 valence electrons. The van der Waals surface area contributed by atoms with Gasteiger partial charge in [0.05, 0.1) is 17.3 Å². The molecule has 1 N–H and O–H groups in total. The quantitative estimate of drug-likeness (QED) is 0.920. The predicted octanol–water partition coefficient (Wildman–Crippen LogP) is 1.66. The fourth-order valence-corrected chi connectivity index (χ4v) is 2.15. The number of amides is 1. The second-order valence-corrected chi connectivity index (χ2v) is 5.00. The molecule has 0 bridgehead atoms. The molecule has 0 spiro atoms. The Morgan fingerprint density at radius 3 is 2.70 bits per heavy atom. The molecule has 0 aromatic carbocycles. The van der Waals surface area contributed by atoms with Gasteiger partial charge >= 0.3 is 5.97 Å². The van der Waals surface area contributed by atoms with Gasteiger partial charge in [0.2, 0.25) is 0 Å². The number of carbonyl (C=O) groups is 2. The Kier molecular flexibility index (Phi) is 3.48. The molecule has 2 aromatic rings. The summed E-state index contributed by atoms with van der Waals surface area (Å²) in [6.07, 6.45) is 3.21. The van der Waals surface area contributed by atoms with Crippen LogP contribution in [0.25, 0.3) is 5.52 Å². The van der Waals surface area contributed by atoms with Gasteiger partial charge in [-0.05, 0) is 32.9 Å². The van der Waals surface area contributed by atoms with E-state index >= 15 is 0 Å². The van der Waals surface area contributed by atoms with Crippen LogP contribution in [0, 0.1) is 0 Å². The van der Waals surface area contributed by atoms with E-state index < -0.39 is 11.5 Å². The van der Waals surface area contributed by atoms with Crippen LogP contribution in [0.5, 0.6) is 0 Å². The molecule has 0 aliphatic carbocycles. The molecule has 2 rings (SSSR count). The zero-order valence-electron chi connectivity index (χ0n) is 11.7. The Morgan fingerprint density at radius 2 is 2.10 bits per heavy atom. The summed E-state index contributed by atoms with van der Waals surface area (Å²) in [6.45, 7) is 5.10. The minimum Gasteiger partial charge on any atom is -0.480 e. The third-order valence-electron chi connectivity index (χ3n) is 3.42. The third-order valence-corrected chi connectivity index (χ3v) is 3.42. The summed E-state index contributed by atoms with van der Waals surface area (Å²) in [7, 11) is 0. The second kappa shape index (κ2) is 4.96. The van der Waals surface area contributed by atoms with Crippen molar-refractivity contribution in [2.45, 2.75) is 26.3 Å². The summed E-state index contributed by atoms with van der Waals surface area (Å²) < 4.78 is 1.59. The largest absolute Gasteiger partial charge is 0.480 e. The van der Waals surface area contributed by atoms with Crippen molar-refractivity contribution in [3.05, 3.63) is 36.2 Å². The maximum absolute atomic E-state index is 12.6. The van der Waals surface area contributed by atoms with Crippen molar-refractivity contribution >= 4 is 17.4 Å². The van der Waals surface area contributed by atoms with Gasteiger partial charge in [0.25, 0.3) is 5.91 Å². The average Bonchev–Trinajstić information content (AvgIpc) is 2.82. The number of pyridine rings is 1. The first-order valence-corrected chi connectivity index (χ1v) is 6.37. The van der Waals surface area contributed by atoms with Crippen LogP contribution < -0.4 is 0 Å². The van der Waals surface area contributed by atoms with Crippen LogP contribution in [0.15, 0.2) is 30.6 Å². The number of hydrogen-bond acceptors (Lipinski definition) is 3. The summed E-state index contributed by atoms with van der Waals surface area (Å²) >= 11 is 0. The number of aliphatic carboxylic acids is 1. The van der Waals surface area contributed by atoms with E-state index in [4.69, 9.17) is 0 Å². The van der Waals surface area contributed by atoms with E-state index in [1.54, 1.807) is 23.7 Å². The zero-order chi connectivity index (χ0) is 14.9. The van der Waals surface area contributed by atoms with E-state index in [1.807, 2.05) is 12.1 Å². The maximum Gasteiger partial charge on any atom is 0.329 e. The van der Waals surface area contributed by atoms with Gasteiger partial charge in [-0.2, -0.15) is 5.10 Å². The van der Waals surface area contributed by atoms with Crippen molar-refractivity contribution in [2.24, 2.45) is 0 Å². The Hall–Kier alpha value is -2.37. The molecule has 0 fully saturated rings. The van der Waals surface area contributed by atoms with E-state index in [2.05, 4.69) is 5.10 Å². The minimum atomic E-state index is -1.27. The standard InChI is InChI=1S/C14H17N3O3/c1-4-16(14(2,3)13(19)20)12(18)10-9-15-17-8-6-5-7-11(10)17/h5-9H,4H2,1-3H3,(H,19,20). The first-order chi connectivity index (χ1) is 9.39. The summed E-state index contributed by atoms with van der Waals surface area (Å²) in [5.41, 5.74) is -0.201. The van der Waals surface area contributed by atoms with Gasteiger partial charge in [-0.25, -0.2) is 9.31 Å². The van der Waals surface area contributed by atoms with E-state index in [-0.39, 0.29) is 5.91 Å². The molecule has 0 saturated heterocycles. The minimum absolute atomic E-state index is 0.308. The zero-order valence-corrected chi connectivity index (χ0v) is 11.7. The molecular weight excluding hydrogens is 258 g/mol. The molecular formula is C14H17N3O3. The number of hydrogen-bond donors (Lipinski definition) is 1. The average molecular weight is 275 g/mol. The second-order valence-electron chi connectivity index (χ2n) is 5.00. The van der Waals surface area contributed by atoms with Crippen LogP contribution in [-0.4, -0.2) is 43.6 Å². The lowest BCUT2D eigenvalue weighted by Gasteiger charge is -2.34. The molecule has 1 amide bonds. The molecule has 0 aliphatic heterocycles. The lowest BCUT2D eigenvalue weighted by atomic mass is 10.0. The Morgan fingerprint density at radius 1 is 1.40 bits per heavy atom. The SMILES string of the molecule is CCN(C(=O)c1cnn2ccccc12)C(C)(C)C(=O)O. The molecule has 0 atom stereocenters. The van der Waals surface area contributed by atoms with E-state index in [1.165, 1.54) is 24.9 Å². The van der Waals surface area contributed by atoms with Crippen molar-refractivity contribution in [3.8, 4) is 0 Å². The van der Waals surface area contributed by atoms with Gasteiger partial charge in [-0.1, -0.05) is 6.07 Å². The molecule has 0 saturated carbocycles. The molecule has 2 aromatic heterocycles. The number of carboxylic acid groups (broad SMARTS) is 1. The lowest BCUT2D eigenvalue weighted by molar-refractivity contribution is -0.147. The van der Waals surface area contributed by atoms with E-state index in [0.29, 0.717) is 17.6 Å². The number of carbonyl (C=O) groups excluding carboxylic acids is 1. The van der Waals surface area contributed by atoms with Crippen molar-refractivity contribution < 1.29 is 14.7 Å². The summed E-state index contributed by atoms with van der Waals surface area (Å²) in [6, 6.07) is 5.40. The summed E-state index contributed by atoms with van der Waals surface area (Å²) in [5.74, 6) is -1.37. The normalized spacial score (nSPS) is 11.6. The molecule has 0 aliphatic rings. The number of rotatable bonds is 4. The van der Waals surface area contributed by atoms with Crippen molar-refractivity contribution in [1.82, 2.24) is 14.5 Å².